The highest BCUT2D eigenvalue weighted by molar-refractivity contribution is 9.13. The normalized spacial score (nSPS) is 12.0. The lowest BCUT2D eigenvalue weighted by atomic mass is 10.1. The Balaban J connectivity index is 3.06. The fraction of sp³-hybridized carbons (Fsp3) is 0.533. The van der Waals surface area contributed by atoms with Gasteiger partial charge in [-0.1, -0.05) is 6.92 Å². The number of hydrogen-bond acceptors (Lipinski definition) is 5. The van der Waals surface area contributed by atoms with Crippen molar-refractivity contribution < 1.29 is 19.4 Å². The van der Waals surface area contributed by atoms with Crippen molar-refractivity contribution in [3.63, 3.8) is 0 Å². The van der Waals surface area contributed by atoms with E-state index in [2.05, 4.69) is 37.2 Å². The van der Waals surface area contributed by atoms with E-state index in [4.69, 9.17) is 15.2 Å². The number of hydrogen-bond donors (Lipinski definition) is 3. The number of carbonyl (C=O) groups is 1. The van der Waals surface area contributed by atoms with E-state index in [1.165, 1.54) is 0 Å². The van der Waals surface area contributed by atoms with Crippen molar-refractivity contribution in [2.24, 2.45) is 5.73 Å². The molecule has 23 heavy (non-hydrogen) atoms. The molecule has 0 fully saturated rings. The maximum absolute atomic E-state index is 10.9. The minimum Gasteiger partial charge on any atom is -0.490 e. The second kappa shape index (κ2) is 10.1. The fourth-order valence-corrected chi connectivity index (χ4v) is 2.90. The Labute approximate surface area is 153 Å². The first-order valence-corrected chi connectivity index (χ1v) is 8.92. The van der Waals surface area contributed by atoms with Gasteiger partial charge in [-0.3, -0.25) is 4.79 Å². The van der Waals surface area contributed by atoms with Crippen LogP contribution in [0.25, 0.3) is 0 Å². The van der Waals surface area contributed by atoms with Crippen molar-refractivity contribution in [1.82, 2.24) is 5.32 Å². The Morgan fingerprint density at radius 2 is 2.04 bits per heavy atom. The highest BCUT2D eigenvalue weighted by Crippen LogP contribution is 2.42. The van der Waals surface area contributed by atoms with Crippen LogP contribution in [0.5, 0.6) is 11.5 Å². The highest BCUT2D eigenvalue weighted by atomic mass is 79.9. The van der Waals surface area contributed by atoms with Gasteiger partial charge in [0, 0.05) is 17.1 Å². The monoisotopic (exact) mass is 452 g/mol. The SMILES string of the molecule is CCOc1cc(CN[C@@H](CC)CO)c(Br)c(Br)c1OCC(N)=O. The summed E-state index contributed by atoms with van der Waals surface area (Å²) in [5.41, 5.74) is 6.07. The summed E-state index contributed by atoms with van der Waals surface area (Å²) < 4.78 is 12.5. The second-order valence-electron chi connectivity index (χ2n) is 4.85. The van der Waals surface area contributed by atoms with E-state index in [0.717, 1.165) is 16.5 Å². The number of nitrogens with one attached hydrogen (secondary N) is 1. The highest BCUT2D eigenvalue weighted by Gasteiger charge is 2.18. The molecule has 130 valence electrons. The first kappa shape index (κ1) is 20.2. The summed E-state index contributed by atoms with van der Waals surface area (Å²) in [6.07, 6.45) is 0.827. The molecule has 0 radical (unpaired) electrons. The Morgan fingerprint density at radius 1 is 1.35 bits per heavy atom. The third kappa shape index (κ3) is 5.95. The van der Waals surface area contributed by atoms with Gasteiger partial charge in [0.05, 0.1) is 17.7 Å². The van der Waals surface area contributed by atoms with Crippen molar-refractivity contribution in [3.8, 4) is 11.5 Å². The topological polar surface area (TPSA) is 93.8 Å². The number of aliphatic hydroxyl groups is 1. The third-order valence-electron chi connectivity index (χ3n) is 3.16. The summed E-state index contributed by atoms with van der Waals surface area (Å²) in [6, 6.07) is 1.87. The van der Waals surface area contributed by atoms with E-state index in [1.807, 2.05) is 19.9 Å². The van der Waals surface area contributed by atoms with Gasteiger partial charge >= 0.3 is 0 Å². The molecule has 1 amide bonds. The van der Waals surface area contributed by atoms with E-state index in [0.29, 0.717) is 29.1 Å². The van der Waals surface area contributed by atoms with Gasteiger partial charge in [0.2, 0.25) is 0 Å². The molecule has 1 rings (SSSR count). The zero-order valence-corrected chi connectivity index (χ0v) is 16.4. The summed E-state index contributed by atoms with van der Waals surface area (Å²) >= 11 is 6.98. The van der Waals surface area contributed by atoms with E-state index >= 15 is 0 Å². The Morgan fingerprint density at radius 3 is 2.57 bits per heavy atom. The number of carbonyl (C=O) groups excluding carboxylic acids is 1. The van der Waals surface area contributed by atoms with Gasteiger partial charge in [0.15, 0.2) is 18.1 Å². The van der Waals surface area contributed by atoms with Crippen LogP contribution in [-0.2, 0) is 11.3 Å². The van der Waals surface area contributed by atoms with Crippen LogP contribution in [-0.4, -0.2) is 36.9 Å². The van der Waals surface area contributed by atoms with E-state index < -0.39 is 5.91 Å². The minimum absolute atomic E-state index is 0.0296. The van der Waals surface area contributed by atoms with Crippen molar-refractivity contribution in [2.45, 2.75) is 32.9 Å². The molecule has 6 nitrogen and oxygen atoms in total. The second-order valence-corrected chi connectivity index (χ2v) is 6.43. The van der Waals surface area contributed by atoms with E-state index in [9.17, 15) is 9.90 Å². The number of aliphatic hydroxyl groups excluding tert-OH is 1. The summed E-state index contributed by atoms with van der Waals surface area (Å²) in [5, 5.41) is 12.5. The molecule has 0 saturated carbocycles. The molecule has 0 aliphatic rings. The molecule has 0 aliphatic carbocycles. The molecule has 0 spiro atoms. The van der Waals surface area contributed by atoms with Crippen molar-refractivity contribution in [2.75, 3.05) is 19.8 Å². The molecule has 1 atom stereocenters. The number of ether oxygens (including phenoxy) is 2. The third-order valence-corrected chi connectivity index (χ3v) is 5.35. The molecule has 0 unspecified atom stereocenters. The molecule has 0 aromatic heterocycles. The van der Waals surface area contributed by atoms with Crippen LogP contribution in [0, 0.1) is 0 Å². The fourth-order valence-electron chi connectivity index (χ4n) is 1.90. The summed E-state index contributed by atoms with van der Waals surface area (Å²) in [4.78, 5) is 10.9. The predicted octanol–water partition coefficient (Wildman–Crippen LogP) is 2.33. The molecule has 0 heterocycles. The summed E-state index contributed by atoms with van der Waals surface area (Å²) in [5.74, 6) is 0.392. The standard InChI is InChI=1S/C15H22Br2N2O4/c1-3-10(7-20)19-6-9-5-11(22-4-2)15(14(17)13(9)16)23-8-12(18)21/h5,10,19-20H,3-4,6-8H2,1-2H3,(H2,18,21)/t10-/m0/s1. The van der Waals surface area contributed by atoms with Crippen LogP contribution in [0.2, 0.25) is 0 Å². The quantitative estimate of drug-likeness (QED) is 0.505. The molecular weight excluding hydrogens is 432 g/mol. The largest absolute Gasteiger partial charge is 0.490 e. The lowest BCUT2D eigenvalue weighted by Crippen LogP contribution is -2.31. The molecule has 0 saturated heterocycles. The maximum Gasteiger partial charge on any atom is 0.255 e. The average Bonchev–Trinajstić information content (AvgIpc) is 2.52. The van der Waals surface area contributed by atoms with Crippen molar-refractivity contribution in [3.05, 3.63) is 20.6 Å². The van der Waals surface area contributed by atoms with Gasteiger partial charge in [-0.25, -0.2) is 0 Å². The molecule has 4 N–H and O–H groups in total. The van der Waals surface area contributed by atoms with Gasteiger partial charge < -0.3 is 25.6 Å². The maximum atomic E-state index is 10.9. The number of nitrogens with two attached hydrogens (primary N) is 1. The van der Waals surface area contributed by atoms with Crippen LogP contribution < -0.4 is 20.5 Å². The number of amides is 1. The zero-order chi connectivity index (χ0) is 17.4. The van der Waals surface area contributed by atoms with Crippen molar-refractivity contribution in [1.29, 1.82) is 0 Å². The van der Waals surface area contributed by atoms with Crippen LogP contribution >= 0.6 is 31.9 Å². The average molecular weight is 454 g/mol. The van der Waals surface area contributed by atoms with Gasteiger partial charge in [-0.2, -0.15) is 0 Å². The van der Waals surface area contributed by atoms with Crippen LogP contribution in [0.4, 0.5) is 0 Å². The lowest BCUT2D eigenvalue weighted by molar-refractivity contribution is -0.119. The van der Waals surface area contributed by atoms with Gasteiger partial charge in [-0.05, 0) is 56.8 Å². The zero-order valence-electron chi connectivity index (χ0n) is 13.2. The molecule has 8 heteroatoms. The van der Waals surface area contributed by atoms with Gasteiger partial charge in [-0.15, -0.1) is 0 Å². The van der Waals surface area contributed by atoms with Crippen molar-refractivity contribution >= 4 is 37.8 Å². The van der Waals surface area contributed by atoms with E-state index in [1.54, 1.807) is 0 Å². The lowest BCUT2D eigenvalue weighted by Gasteiger charge is -2.19. The Bertz CT molecular complexity index is 537. The number of primary amides is 1. The van der Waals surface area contributed by atoms with Gasteiger partial charge in [0.25, 0.3) is 5.91 Å². The first-order chi connectivity index (χ1) is 10.9. The molecule has 1 aromatic carbocycles. The Kier molecular flexibility index (Phi) is 8.90. The number of benzene rings is 1. The van der Waals surface area contributed by atoms with Crippen LogP contribution in [0.1, 0.15) is 25.8 Å². The predicted molar refractivity (Wildman–Crippen MR) is 95.7 cm³/mol. The van der Waals surface area contributed by atoms with Crippen LogP contribution in [0.15, 0.2) is 15.0 Å². The number of halogens is 2. The Hall–Kier alpha value is -0.830. The number of rotatable bonds is 10. The smallest absolute Gasteiger partial charge is 0.255 e. The molecule has 0 bridgehead atoms. The summed E-state index contributed by atoms with van der Waals surface area (Å²) in [6.45, 7) is 4.73. The van der Waals surface area contributed by atoms with Gasteiger partial charge in [0.1, 0.15) is 0 Å². The first-order valence-electron chi connectivity index (χ1n) is 7.33. The summed E-state index contributed by atoms with van der Waals surface area (Å²) in [7, 11) is 0. The molecule has 1 aromatic rings. The van der Waals surface area contributed by atoms with E-state index in [-0.39, 0.29) is 19.3 Å². The minimum atomic E-state index is -0.560. The molecular formula is C15H22Br2N2O4. The van der Waals surface area contributed by atoms with Crippen LogP contribution in [0.3, 0.4) is 0 Å². The molecule has 0 aliphatic heterocycles.